The normalized spacial score (nSPS) is 11.4. The number of anilines is 1. The van der Waals surface area contributed by atoms with Crippen LogP contribution in [0.5, 0.6) is 5.75 Å². The molecule has 0 radical (unpaired) electrons. The predicted molar refractivity (Wildman–Crippen MR) is 53.8 cm³/mol. The molecule has 0 fully saturated rings. The zero-order chi connectivity index (χ0) is 10.9. The summed E-state index contributed by atoms with van der Waals surface area (Å²) in [5, 5.41) is 5.05. The van der Waals surface area contributed by atoms with Crippen molar-refractivity contribution in [2.24, 2.45) is 5.14 Å². The van der Waals surface area contributed by atoms with Crippen molar-refractivity contribution in [3.05, 3.63) is 17.2 Å². The second-order valence-corrected chi connectivity index (χ2v) is 4.51. The molecule has 1 aromatic carbocycles. The fraction of sp³-hybridized carbons (Fsp3) is 0.143. The van der Waals surface area contributed by atoms with Crippen LogP contribution in [0, 0.1) is 0 Å². The van der Waals surface area contributed by atoms with Gasteiger partial charge in [-0.2, -0.15) is 0 Å². The third kappa shape index (κ3) is 2.09. The summed E-state index contributed by atoms with van der Waals surface area (Å²) in [6, 6.07) is 2.47. The van der Waals surface area contributed by atoms with Gasteiger partial charge in [0.05, 0.1) is 17.8 Å². The lowest BCUT2D eigenvalue weighted by Gasteiger charge is -2.07. The van der Waals surface area contributed by atoms with Crippen LogP contribution in [0.25, 0.3) is 0 Å². The maximum atomic E-state index is 11.0. The van der Waals surface area contributed by atoms with Crippen LogP contribution in [0.15, 0.2) is 17.0 Å². The number of rotatable bonds is 2. The number of methoxy groups -OCH3 is 1. The van der Waals surface area contributed by atoms with Gasteiger partial charge < -0.3 is 10.5 Å². The van der Waals surface area contributed by atoms with E-state index in [9.17, 15) is 8.42 Å². The van der Waals surface area contributed by atoms with Gasteiger partial charge in [-0.3, -0.25) is 0 Å². The van der Waals surface area contributed by atoms with Crippen molar-refractivity contribution >= 4 is 27.3 Å². The van der Waals surface area contributed by atoms with Crippen LogP contribution < -0.4 is 15.6 Å². The summed E-state index contributed by atoms with van der Waals surface area (Å²) in [4.78, 5) is -0.205. The van der Waals surface area contributed by atoms with E-state index < -0.39 is 10.0 Å². The van der Waals surface area contributed by atoms with E-state index in [4.69, 9.17) is 27.2 Å². The lowest BCUT2D eigenvalue weighted by atomic mass is 10.3. The average Bonchev–Trinajstić information content (AvgIpc) is 2.06. The maximum absolute atomic E-state index is 11.0. The molecule has 1 aromatic rings. The Balaban J connectivity index is 3.44. The minimum absolute atomic E-state index is 0.00810. The molecule has 0 spiro atoms. The second kappa shape index (κ2) is 3.64. The Morgan fingerprint density at radius 3 is 2.43 bits per heavy atom. The van der Waals surface area contributed by atoms with E-state index in [1.165, 1.54) is 13.2 Å². The molecule has 1 rings (SSSR count). The zero-order valence-corrected chi connectivity index (χ0v) is 8.89. The van der Waals surface area contributed by atoms with Gasteiger partial charge in [0.2, 0.25) is 10.0 Å². The smallest absolute Gasteiger partial charge is 0.240 e. The van der Waals surface area contributed by atoms with Gasteiger partial charge in [0, 0.05) is 6.07 Å². The topological polar surface area (TPSA) is 95.4 Å². The van der Waals surface area contributed by atoms with Gasteiger partial charge in [0.15, 0.2) is 0 Å². The minimum Gasteiger partial charge on any atom is -0.495 e. The lowest BCUT2D eigenvalue weighted by Crippen LogP contribution is -2.14. The highest BCUT2D eigenvalue weighted by Gasteiger charge is 2.15. The first kappa shape index (κ1) is 11.1. The van der Waals surface area contributed by atoms with Crippen LogP contribution in [0.2, 0.25) is 5.02 Å². The molecule has 0 saturated heterocycles. The lowest BCUT2D eigenvalue weighted by molar-refractivity contribution is 0.415. The average molecular weight is 237 g/mol. The molecular weight excluding hydrogens is 228 g/mol. The monoisotopic (exact) mass is 236 g/mol. The van der Waals surface area contributed by atoms with E-state index in [2.05, 4.69) is 0 Å². The molecule has 4 N–H and O–H groups in total. The molecule has 0 aliphatic carbocycles. The molecule has 0 bridgehead atoms. The molecule has 0 saturated carbocycles. The van der Waals surface area contributed by atoms with Crippen LogP contribution in [0.4, 0.5) is 5.69 Å². The summed E-state index contributed by atoms with van der Waals surface area (Å²) in [7, 11) is -2.45. The highest BCUT2D eigenvalue weighted by molar-refractivity contribution is 7.89. The minimum atomic E-state index is -3.85. The summed E-state index contributed by atoms with van der Waals surface area (Å²) in [5.41, 5.74) is 5.46. The van der Waals surface area contributed by atoms with E-state index in [1.807, 2.05) is 0 Å². The molecule has 0 aromatic heterocycles. The number of sulfonamides is 1. The molecule has 0 heterocycles. The molecule has 0 aliphatic rings. The number of primary sulfonamides is 1. The molecule has 0 unspecified atom stereocenters. The standard InChI is InChI=1S/C7H9ClN2O3S/c1-13-6-3-5(9)7(2-4(6)8)14(10,11)12/h2-3H,9H2,1H3,(H2,10,11,12). The van der Waals surface area contributed by atoms with Crippen molar-refractivity contribution in [2.75, 3.05) is 12.8 Å². The third-order valence-electron chi connectivity index (χ3n) is 1.59. The summed E-state index contributed by atoms with van der Waals surface area (Å²) >= 11 is 5.71. The van der Waals surface area contributed by atoms with Crippen molar-refractivity contribution in [3.63, 3.8) is 0 Å². The molecule has 0 aliphatic heterocycles. The number of nitrogen functional groups attached to an aromatic ring is 1. The third-order valence-corrected chi connectivity index (χ3v) is 2.85. The van der Waals surface area contributed by atoms with Gasteiger partial charge in [-0.25, -0.2) is 13.6 Å². The molecule has 78 valence electrons. The van der Waals surface area contributed by atoms with Crippen molar-refractivity contribution in [2.45, 2.75) is 4.90 Å². The molecule has 0 atom stereocenters. The SMILES string of the molecule is COc1cc(N)c(S(N)(=O)=O)cc1Cl. The Bertz CT molecular complexity index is 458. The Labute approximate surface area is 86.7 Å². The van der Waals surface area contributed by atoms with Crippen molar-refractivity contribution in [1.29, 1.82) is 0 Å². The molecular formula is C7H9ClN2O3S. The highest BCUT2D eigenvalue weighted by Crippen LogP contribution is 2.31. The Hall–Kier alpha value is -0.980. The quantitative estimate of drug-likeness (QED) is 0.734. The predicted octanol–water partition coefficient (Wildman–Crippen LogP) is 0.578. The van der Waals surface area contributed by atoms with Gasteiger partial charge in [-0.1, -0.05) is 11.6 Å². The number of hydrogen-bond acceptors (Lipinski definition) is 4. The molecule has 5 nitrogen and oxygen atoms in total. The first-order valence-electron chi connectivity index (χ1n) is 3.52. The van der Waals surface area contributed by atoms with E-state index in [0.29, 0.717) is 5.75 Å². The van der Waals surface area contributed by atoms with Crippen LogP contribution in [0.3, 0.4) is 0 Å². The van der Waals surface area contributed by atoms with Crippen LogP contribution in [-0.2, 0) is 10.0 Å². The first-order valence-corrected chi connectivity index (χ1v) is 5.44. The number of hydrogen-bond donors (Lipinski definition) is 2. The van der Waals surface area contributed by atoms with Crippen LogP contribution >= 0.6 is 11.6 Å². The number of benzene rings is 1. The van der Waals surface area contributed by atoms with Gasteiger partial charge in [-0.05, 0) is 6.07 Å². The fourth-order valence-electron chi connectivity index (χ4n) is 0.954. The Morgan fingerprint density at radius 2 is 2.00 bits per heavy atom. The van der Waals surface area contributed by atoms with Crippen molar-refractivity contribution < 1.29 is 13.2 Å². The van der Waals surface area contributed by atoms with Crippen molar-refractivity contribution in [3.8, 4) is 5.75 Å². The fourth-order valence-corrected chi connectivity index (χ4v) is 1.93. The molecule has 0 amide bonds. The zero-order valence-electron chi connectivity index (χ0n) is 7.32. The molecule has 14 heavy (non-hydrogen) atoms. The van der Waals surface area contributed by atoms with E-state index >= 15 is 0 Å². The number of halogens is 1. The molecule has 7 heteroatoms. The summed E-state index contributed by atoms with van der Waals surface area (Å²) in [6.07, 6.45) is 0. The van der Waals surface area contributed by atoms with Crippen molar-refractivity contribution in [1.82, 2.24) is 0 Å². The van der Waals surface area contributed by atoms with E-state index in [0.717, 1.165) is 6.07 Å². The van der Waals surface area contributed by atoms with E-state index in [-0.39, 0.29) is 15.6 Å². The maximum Gasteiger partial charge on any atom is 0.240 e. The second-order valence-electron chi connectivity index (χ2n) is 2.57. The van der Waals surface area contributed by atoms with Crippen LogP contribution in [-0.4, -0.2) is 15.5 Å². The largest absolute Gasteiger partial charge is 0.495 e. The first-order chi connectivity index (χ1) is 6.36. The van der Waals surface area contributed by atoms with Gasteiger partial charge in [-0.15, -0.1) is 0 Å². The highest BCUT2D eigenvalue weighted by atomic mass is 35.5. The number of nitrogens with two attached hydrogens (primary N) is 2. The van der Waals surface area contributed by atoms with Gasteiger partial charge in [0.1, 0.15) is 10.6 Å². The van der Waals surface area contributed by atoms with Crippen LogP contribution in [0.1, 0.15) is 0 Å². The summed E-state index contributed by atoms with van der Waals surface area (Å²) in [6.45, 7) is 0. The van der Waals surface area contributed by atoms with Gasteiger partial charge in [0.25, 0.3) is 0 Å². The summed E-state index contributed by atoms with van der Waals surface area (Å²) < 4.78 is 26.9. The summed E-state index contributed by atoms with van der Waals surface area (Å²) in [5.74, 6) is 0.302. The Kier molecular flexibility index (Phi) is 2.89. The van der Waals surface area contributed by atoms with E-state index in [1.54, 1.807) is 0 Å². The number of ether oxygens (including phenoxy) is 1. The Morgan fingerprint density at radius 1 is 1.43 bits per heavy atom. The van der Waals surface area contributed by atoms with Gasteiger partial charge >= 0.3 is 0 Å².